The molecule has 0 saturated carbocycles. The number of amides is 2. The molecule has 0 aromatic carbocycles. The molecule has 1 aromatic rings. The molecule has 2 rings (SSSR count). The molecule has 7 heteroatoms. The van der Waals surface area contributed by atoms with Crippen molar-refractivity contribution < 1.29 is 19.4 Å². The Balaban J connectivity index is 1.73. The Morgan fingerprint density at radius 2 is 2.14 bits per heavy atom. The summed E-state index contributed by atoms with van der Waals surface area (Å²) in [5, 5.41) is 11.6. The number of hydrogen-bond donors (Lipinski definition) is 2. The lowest BCUT2D eigenvalue weighted by Gasteiger charge is -2.19. The molecular formula is C14H19N3O4. The van der Waals surface area contributed by atoms with Crippen LogP contribution in [0.1, 0.15) is 18.4 Å². The van der Waals surface area contributed by atoms with Crippen molar-refractivity contribution >= 4 is 12.0 Å². The highest BCUT2D eigenvalue weighted by atomic mass is 16.5. The molecule has 0 spiro atoms. The molecule has 0 radical (unpaired) electrons. The van der Waals surface area contributed by atoms with Crippen molar-refractivity contribution in [2.24, 2.45) is 0 Å². The molecule has 2 N–H and O–H groups in total. The molecule has 2 atom stereocenters. The van der Waals surface area contributed by atoms with E-state index in [1.165, 1.54) is 0 Å². The summed E-state index contributed by atoms with van der Waals surface area (Å²) in [6.45, 7) is 0.806. The van der Waals surface area contributed by atoms with Crippen LogP contribution in [0, 0.1) is 0 Å². The van der Waals surface area contributed by atoms with Crippen molar-refractivity contribution in [2.45, 2.75) is 31.6 Å². The normalized spacial score (nSPS) is 21.0. The van der Waals surface area contributed by atoms with Crippen LogP contribution in [0.5, 0.6) is 0 Å². The topological polar surface area (TPSA) is 91.8 Å². The number of hydrogen-bond acceptors (Lipinski definition) is 4. The number of carbonyl (C=O) groups is 2. The van der Waals surface area contributed by atoms with Gasteiger partial charge in [0.2, 0.25) is 0 Å². The summed E-state index contributed by atoms with van der Waals surface area (Å²) in [6, 6.07) is 3.48. The fraction of sp³-hybridized carbons (Fsp3) is 0.500. The molecule has 1 aromatic heterocycles. The minimum absolute atomic E-state index is 0.214. The lowest BCUT2D eigenvalue weighted by molar-refractivity contribution is -0.149. The van der Waals surface area contributed by atoms with Gasteiger partial charge in [0.05, 0.1) is 6.10 Å². The molecule has 0 bridgehead atoms. The number of ether oxygens (including phenoxy) is 1. The number of urea groups is 1. The number of rotatable bonds is 5. The Kier molecular flexibility index (Phi) is 5.10. The van der Waals surface area contributed by atoms with Crippen LogP contribution < -0.4 is 5.32 Å². The van der Waals surface area contributed by atoms with E-state index in [0.29, 0.717) is 25.9 Å². The van der Waals surface area contributed by atoms with Gasteiger partial charge in [-0.1, -0.05) is 0 Å². The monoisotopic (exact) mass is 293 g/mol. The lowest BCUT2D eigenvalue weighted by atomic mass is 10.2. The van der Waals surface area contributed by atoms with Crippen molar-refractivity contribution in [3.63, 3.8) is 0 Å². The van der Waals surface area contributed by atoms with E-state index < -0.39 is 12.1 Å². The number of aromatic nitrogens is 1. The number of carboxylic acid groups (broad SMARTS) is 1. The molecule has 1 aliphatic rings. The van der Waals surface area contributed by atoms with Crippen LogP contribution in [0.3, 0.4) is 0 Å². The number of pyridine rings is 1. The highest BCUT2D eigenvalue weighted by Gasteiger charge is 2.30. The van der Waals surface area contributed by atoms with Crippen LogP contribution in [0.15, 0.2) is 24.5 Å². The summed E-state index contributed by atoms with van der Waals surface area (Å²) in [5.41, 5.74) is 0.991. The van der Waals surface area contributed by atoms with Crippen LogP contribution in [0.2, 0.25) is 0 Å². The van der Waals surface area contributed by atoms with E-state index in [1.54, 1.807) is 24.3 Å². The van der Waals surface area contributed by atoms with Gasteiger partial charge in [-0.15, -0.1) is 0 Å². The summed E-state index contributed by atoms with van der Waals surface area (Å²) in [7, 11) is 1.70. The van der Waals surface area contributed by atoms with Crippen molar-refractivity contribution in [3.05, 3.63) is 30.1 Å². The van der Waals surface area contributed by atoms with Crippen molar-refractivity contribution in [3.8, 4) is 0 Å². The fourth-order valence-corrected chi connectivity index (χ4v) is 2.21. The highest BCUT2D eigenvalue weighted by Crippen LogP contribution is 2.19. The Labute approximate surface area is 122 Å². The average molecular weight is 293 g/mol. The quantitative estimate of drug-likeness (QED) is 0.840. The largest absolute Gasteiger partial charge is 0.479 e. The molecule has 2 unspecified atom stereocenters. The fourth-order valence-electron chi connectivity index (χ4n) is 2.21. The van der Waals surface area contributed by atoms with E-state index in [1.807, 2.05) is 12.1 Å². The van der Waals surface area contributed by atoms with Crippen LogP contribution >= 0.6 is 0 Å². The Morgan fingerprint density at radius 1 is 1.43 bits per heavy atom. The third kappa shape index (κ3) is 4.42. The molecule has 2 heterocycles. The molecule has 21 heavy (non-hydrogen) atoms. The Hall–Kier alpha value is -2.15. The molecule has 1 saturated heterocycles. The first kappa shape index (κ1) is 15.2. The SMILES string of the molecule is CN(Cc1ccncc1)C(=O)NCC1CCC(C(=O)O)O1. The zero-order chi connectivity index (χ0) is 15.2. The average Bonchev–Trinajstić information content (AvgIpc) is 2.95. The lowest BCUT2D eigenvalue weighted by Crippen LogP contribution is -2.40. The third-order valence-corrected chi connectivity index (χ3v) is 3.38. The second kappa shape index (κ2) is 7.03. The molecular weight excluding hydrogens is 274 g/mol. The van der Waals surface area contributed by atoms with E-state index in [2.05, 4.69) is 10.3 Å². The first-order chi connectivity index (χ1) is 10.1. The van der Waals surface area contributed by atoms with E-state index in [0.717, 1.165) is 5.56 Å². The molecule has 0 aliphatic carbocycles. The van der Waals surface area contributed by atoms with Gasteiger partial charge in [0.25, 0.3) is 0 Å². The minimum atomic E-state index is -0.946. The van der Waals surface area contributed by atoms with E-state index in [4.69, 9.17) is 9.84 Å². The predicted octanol–water partition coefficient (Wildman–Crippen LogP) is 0.855. The highest BCUT2D eigenvalue weighted by molar-refractivity contribution is 5.74. The standard InChI is InChI=1S/C14H19N3O4/c1-17(9-10-4-6-15-7-5-10)14(20)16-8-11-2-3-12(21-11)13(18)19/h4-7,11-12H,2-3,8-9H2,1H3,(H,16,20)(H,18,19). The predicted molar refractivity (Wildman–Crippen MR) is 74.6 cm³/mol. The first-order valence-electron chi connectivity index (χ1n) is 6.82. The molecule has 2 amide bonds. The van der Waals surface area contributed by atoms with Crippen molar-refractivity contribution in [1.82, 2.24) is 15.2 Å². The summed E-state index contributed by atoms with van der Waals surface area (Å²) in [4.78, 5) is 28.2. The first-order valence-corrected chi connectivity index (χ1v) is 6.82. The summed E-state index contributed by atoms with van der Waals surface area (Å²) in [5.74, 6) is -0.946. The smallest absolute Gasteiger partial charge is 0.332 e. The summed E-state index contributed by atoms with van der Waals surface area (Å²) < 4.78 is 5.33. The van der Waals surface area contributed by atoms with Crippen LogP contribution in [-0.4, -0.2) is 52.8 Å². The van der Waals surface area contributed by atoms with Gasteiger partial charge < -0.3 is 20.1 Å². The number of carbonyl (C=O) groups excluding carboxylic acids is 1. The molecule has 7 nitrogen and oxygen atoms in total. The second-order valence-electron chi connectivity index (χ2n) is 5.06. The van der Waals surface area contributed by atoms with Gasteiger partial charge in [-0.25, -0.2) is 9.59 Å². The maximum atomic E-state index is 11.9. The van der Waals surface area contributed by atoms with Gasteiger partial charge >= 0.3 is 12.0 Å². The van der Waals surface area contributed by atoms with Gasteiger partial charge in [0.15, 0.2) is 6.10 Å². The minimum Gasteiger partial charge on any atom is -0.479 e. The molecule has 1 aliphatic heterocycles. The second-order valence-corrected chi connectivity index (χ2v) is 5.06. The number of nitrogens with one attached hydrogen (secondary N) is 1. The van der Waals surface area contributed by atoms with Gasteiger partial charge in [0, 0.05) is 32.5 Å². The zero-order valence-electron chi connectivity index (χ0n) is 11.9. The van der Waals surface area contributed by atoms with Gasteiger partial charge in [-0.2, -0.15) is 0 Å². The van der Waals surface area contributed by atoms with Gasteiger partial charge in [-0.05, 0) is 30.5 Å². The maximum Gasteiger partial charge on any atom is 0.332 e. The summed E-state index contributed by atoms with van der Waals surface area (Å²) in [6.07, 6.45) is 3.51. The maximum absolute atomic E-state index is 11.9. The number of aliphatic carboxylic acids is 1. The number of nitrogens with zero attached hydrogens (tertiary/aromatic N) is 2. The third-order valence-electron chi connectivity index (χ3n) is 3.38. The zero-order valence-corrected chi connectivity index (χ0v) is 11.9. The van der Waals surface area contributed by atoms with Crippen molar-refractivity contribution in [1.29, 1.82) is 0 Å². The van der Waals surface area contributed by atoms with E-state index in [9.17, 15) is 9.59 Å². The van der Waals surface area contributed by atoms with Gasteiger partial charge in [0.1, 0.15) is 0 Å². The van der Waals surface area contributed by atoms with Crippen molar-refractivity contribution in [2.75, 3.05) is 13.6 Å². The Bertz CT molecular complexity index is 494. The van der Waals surface area contributed by atoms with E-state index in [-0.39, 0.29) is 12.1 Å². The van der Waals surface area contributed by atoms with Crippen LogP contribution in [0.4, 0.5) is 4.79 Å². The molecule has 114 valence electrons. The summed E-state index contributed by atoms with van der Waals surface area (Å²) >= 11 is 0. The van der Waals surface area contributed by atoms with E-state index >= 15 is 0 Å². The Morgan fingerprint density at radius 3 is 2.76 bits per heavy atom. The van der Waals surface area contributed by atoms with Crippen LogP contribution in [-0.2, 0) is 16.1 Å². The molecule has 1 fully saturated rings. The number of carboxylic acids is 1. The van der Waals surface area contributed by atoms with Gasteiger partial charge in [-0.3, -0.25) is 4.98 Å². The van der Waals surface area contributed by atoms with Crippen LogP contribution in [0.25, 0.3) is 0 Å².